The van der Waals surface area contributed by atoms with E-state index in [9.17, 15) is 4.79 Å². The summed E-state index contributed by atoms with van der Waals surface area (Å²) >= 11 is 4.34. The number of benzene rings is 3. The summed E-state index contributed by atoms with van der Waals surface area (Å²) in [6.07, 6.45) is 2.31. The molecule has 1 amide bonds. The fraction of sp³-hybridized carbons (Fsp3) is 0.154. The van der Waals surface area contributed by atoms with Gasteiger partial charge in [-0.2, -0.15) is 0 Å². The highest BCUT2D eigenvalue weighted by molar-refractivity contribution is 7.80. The van der Waals surface area contributed by atoms with Gasteiger partial charge in [0.05, 0.1) is 23.8 Å². The van der Waals surface area contributed by atoms with Gasteiger partial charge in [-0.15, -0.1) is 17.7 Å². The molecule has 3 aromatic carbocycles. The monoisotopic (exact) mass is 468 g/mol. The van der Waals surface area contributed by atoms with E-state index in [1.165, 1.54) is 0 Å². The standard InChI is InChI=1S/C26H24N6OS/c1-31-23-10-6-5-9-21(23)28-25(31)16-27-26(33)24(15-18-7-3-2-4-8-18)32-17-22(29-30-32)19-11-13-20(34)14-12-19/h2-14,17,24,34H,15-16H2,1H3,(H,27,33)/t24-/m0/s1. The molecule has 2 heterocycles. The number of hydrogen-bond acceptors (Lipinski definition) is 5. The molecule has 1 N–H and O–H groups in total. The maximum absolute atomic E-state index is 13.4. The van der Waals surface area contributed by atoms with Crippen molar-refractivity contribution in [1.82, 2.24) is 29.9 Å². The maximum Gasteiger partial charge on any atom is 0.245 e. The fourth-order valence-electron chi connectivity index (χ4n) is 3.97. The van der Waals surface area contributed by atoms with Crippen molar-refractivity contribution in [3.8, 4) is 11.3 Å². The Morgan fingerprint density at radius 3 is 2.50 bits per heavy atom. The first kappa shape index (κ1) is 21.9. The molecule has 0 aliphatic carbocycles. The second kappa shape index (κ2) is 9.52. The average Bonchev–Trinajstić information content (AvgIpc) is 3.47. The number of imidazole rings is 1. The first-order chi connectivity index (χ1) is 16.6. The van der Waals surface area contributed by atoms with Gasteiger partial charge in [0.25, 0.3) is 0 Å². The Labute approximate surface area is 202 Å². The number of carbonyl (C=O) groups excluding carboxylic acids is 1. The van der Waals surface area contributed by atoms with Gasteiger partial charge in [0.2, 0.25) is 5.91 Å². The molecule has 0 unspecified atom stereocenters. The van der Waals surface area contributed by atoms with Crippen LogP contribution in [0.1, 0.15) is 17.4 Å². The summed E-state index contributed by atoms with van der Waals surface area (Å²) in [5.41, 5.74) is 4.60. The van der Waals surface area contributed by atoms with E-state index in [-0.39, 0.29) is 5.91 Å². The van der Waals surface area contributed by atoms with Crippen molar-refractivity contribution in [2.24, 2.45) is 7.05 Å². The van der Waals surface area contributed by atoms with Gasteiger partial charge in [-0.1, -0.05) is 59.8 Å². The lowest BCUT2D eigenvalue weighted by Crippen LogP contribution is -2.34. The van der Waals surface area contributed by atoms with Crippen molar-refractivity contribution in [2.45, 2.75) is 23.9 Å². The van der Waals surface area contributed by atoms with Gasteiger partial charge in [0, 0.05) is 23.9 Å². The molecular weight excluding hydrogens is 444 g/mol. The van der Waals surface area contributed by atoms with Crippen molar-refractivity contribution in [3.05, 3.63) is 96.4 Å². The van der Waals surface area contributed by atoms with Gasteiger partial charge in [-0.25, -0.2) is 9.67 Å². The minimum atomic E-state index is -0.553. The summed E-state index contributed by atoms with van der Waals surface area (Å²) in [7, 11) is 1.96. The topological polar surface area (TPSA) is 77.6 Å². The van der Waals surface area contributed by atoms with E-state index >= 15 is 0 Å². The molecular formula is C26H24N6OS. The van der Waals surface area contributed by atoms with Gasteiger partial charge < -0.3 is 9.88 Å². The number of carbonyl (C=O) groups is 1. The van der Waals surface area contributed by atoms with Gasteiger partial charge in [0.1, 0.15) is 17.6 Å². The maximum atomic E-state index is 13.4. The minimum absolute atomic E-state index is 0.141. The van der Waals surface area contributed by atoms with Crippen LogP contribution >= 0.6 is 12.6 Å². The molecule has 0 aliphatic heterocycles. The van der Waals surface area contributed by atoms with E-state index in [1.54, 1.807) is 4.68 Å². The molecule has 0 spiro atoms. The molecule has 8 heteroatoms. The Morgan fingerprint density at radius 1 is 1.00 bits per heavy atom. The normalized spacial score (nSPS) is 12.1. The van der Waals surface area contributed by atoms with E-state index in [2.05, 4.69) is 33.2 Å². The van der Waals surface area contributed by atoms with E-state index in [1.807, 2.05) is 96.7 Å². The Morgan fingerprint density at radius 2 is 1.74 bits per heavy atom. The number of hydrogen-bond donors (Lipinski definition) is 2. The van der Waals surface area contributed by atoms with Crippen molar-refractivity contribution in [2.75, 3.05) is 0 Å². The van der Waals surface area contributed by atoms with Crippen molar-refractivity contribution < 1.29 is 4.79 Å². The summed E-state index contributed by atoms with van der Waals surface area (Å²) in [5, 5.41) is 11.7. The molecule has 0 radical (unpaired) electrons. The Bertz CT molecular complexity index is 1430. The molecule has 2 aromatic heterocycles. The van der Waals surface area contributed by atoms with Gasteiger partial charge in [-0.3, -0.25) is 4.79 Å². The lowest BCUT2D eigenvalue weighted by molar-refractivity contribution is -0.124. The van der Waals surface area contributed by atoms with Gasteiger partial charge in [-0.05, 0) is 29.8 Å². The highest BCUT2D eigenvalue weighted by Crippen LogP contribution is 2.21. The van der Waals surface area contributed by atoms with E-state index in [0.717, 1.165) is 32.9 Å². The molecule has 0 saturated carbocycles. The van der Waals surface area contributed by atoms with Crippen LogP contribution in [-0.2, 0) is 24.8 Å². The van der Waals surface area contributed by atoms with Crippen molar-refractivity contribution >= 4 is 29.6 Å². The fourth-order valence-corrected chi connectivity index (χ4v) is 4.12. The van der Waals surface area contributed by atoms with Crippen LogP contribution in [-0.4, -0.2) is 30.5 Å². The Hall–Kier alpha value is -3.91. The van der Waals surface area contributed by atoms with Crippen LogP contribution in [0.3, 0.4) is 0 Å². The number of nitrogens with one attached hydrogen (secondary N) is 1. The average molecular weight is 469 g/mol. The van der Waals surface area contributed by atoms with Crippen LogP contribution in [0.2, 0.25) is 0 Å². The van der Waals surface area contributed by atoms with Crippen LogP contribution in [0.5, 0.6) is 0 Å². The minimum Gasteiger partial charge on any atom is -0.347 e. The molecule has 1 atom stereocenters. The Kier molecular flexibility index (Phi) is 6.14. The van der Waals surface area contributed by atoms with Gasteiger partial charge >= 0.3 is 0 Å². The van der Waals surface area contributed by atoms with Crippen LogP contribution < -0.4 is 5.32 Å². The molecule has 0 aliphatic rings. The lowest BCUT2D eigenvalue weighted by Gasteiger charge is -2.17. The number of aryl methyl sites for hydroxylation is 1. The zero-order chi connectivity index (χ0) is 23.5. The molecule has 0 fully saturated rings. The molecule has 5 aromatic rings. The number of amides is 1. The first-order valence-corrected chi connectivity index (χ1v) is 11.5. The highest BCUT2D eigenvalue weighted by Gasteiger charge is 2.23. The number of aromatic nitrogens is 5. The summed E-state index contributed by atoms with van der Waals surface area (Å²) < 4.78 is 3.64. The number of rotatable bonds is 7. The number of nitrogens with zero attached hydrogens (tertiary/aromatic N) is 5. The SMILES string of the molecule is Cn1c(CNC(=O)[C@H](Cc2ccccc2)n2cc(-c3ccc(S)cc3)nn2)nc2ccccc21. The van der Waals surface area contributed by atoms with Crippen LogP contribution in [0, 0.1) is 0 Å². The van der Waals surface area contributed by atoms with E-state index in [0.29, 0.717) is 18.7 Å². The molecule has 5 rings (SSSR count). The lowest BCUT2D eigenvalue weighted by atomic mass is 10.1. The van der Waals surface area contributed by atoms with E-state index < -0.39 is 6.04 Å². The summed E-state index contributed by atoms with van der Waals surface area (Å²) in [5.74, 6) is 0.650. The van der Waals surface area contributed by atoms with Crippen LogP contribution in [0.25, 0.3) is 22.3 Å². The smallest absolute Gasteiger partial charge is 0.245 e. The quantitative estimate of drug-likeness (QED) is 0.351. The van der Waals surface area contributed by atoms with Crippen molar-refractivity contribution in [3.63, 3.8) is 0 Å². The third-order valence-corrected chi connectivity index (χ3v) is 6.17. The first-order valence-electron chi connectivity index (χ1n) is 11.0. The third-order valence-electron chi connectivity index (χ3n) is 5.87. The molecule has 7 nitrogen and oxygen atoms in total. The van der Waals surface area contributed by atoms with Gasteiger partial charge in [0.15, 0.2) is 0 Å². The van der Waals surface area contributed by atoms with E-state index in [4.69, 9.17) is 0 Å². The molecule has 170 valence electrons. The van der Waals surface area contributed by atoms with Crippen LogP contribution in [0.15, 0.2) is 90.0 Å². The summed E-state index contributed by atoms with van der Waals surface area (Å²) in [6.45, 7) is 0.320. The van der Waals surface area contributed by atoms with Crippen LogP contribution in [0.4, 0.5) is 0 Å². The number of para-hydroxylation sites is 2. The zero-order valence-corrected chi connectivity index (χ0v) is 19.6. The summed E-state index contributed by atoms with van der Waals surface area (Å²) in [4.78, 5) is 18.9. The second-order valence-corrected chi connectivity index (χ2v) is 8.65. The molecule has 0 saturated heterocycles. The number of fused-ring (bicyclic) bond motifs is 1. The predicted molar refractivity (Wildman–Crippen MR) is 134 cm³/mol. The third kappa shape index (κ3) is 4.58. The zero-order valence-electron chi connectivity index (χ0n) is 18.7. The molecule has 34 heavy (non-hydrogen) atoms. The summed E-state index contributed by atoms with van der Waals surface area (Å²) in [6, 6.07) is 25.0. The van der Waals surface area contributed by atoms with Crippen molar-refractivity contribution in [1.29, 1.82) is 0 Å². The predicted octanol–water partition coefficient (Wildman–Crippen LogP) is 4.22. The largest absolute Gasteiger partial charge is 0.347 e. The Balaban J connectivity index is 1.39. The second-order valence-electron chi connectivity index (χ2n) is 8.13. The highest BCUT2D eigenvalue weighted by atomic mass is 32.1. The molecule has 0 bridgehead atoms. The number of thiol groups is 1.